The minimum absolute atomic E-state index is 0.195. The minimum Gasteiger partial charge on any atom is -0.480 e. The molecular formula is C19H36O4. The van der Waals surface area contributed by atoms with Gasteiger partial charge >= 0.3 is 11.9 Å². The highest BCUT2D eigenvalue weighted by molar-refractivity contribution is 6.00. The maximum Gasteiger partial charge on any atom is 0.324 e. The van der Waals surface area contributed by atoms with Crippen LogP contribution in [0.1, 0.15) is 87.0 Å². The highest BCUT2D eigenvalue weighted by Crippen LogP contribution is 2.44. The first kappa shape index (κ1) is 21.9. The van der Waals surface area contributed by atoms with Gasteiger partial charge in [0.05, 0.1) is 0 Å². The van der Waals surface area contributed by atoms with Crippen molar-refractivity contribution in [1.29, 1.82) is 0 Å². The number of rotatable bonds is 10. The average Bonchev–Trinajstić information content (AvgIpc) is 2.41. The van der Waals surface area contributed by atoms with Crippen LogP contribution < -0.4 is 0 Å². The Labute approximate surface area is 142 Å². The molecule has 2 unspecified atom stereocenters. The highest BCUT2D eigenvalue weighted by atomic mass is 16.5. The van der Waals surface area contributed by atoms with Gasteiger partial charge in [0.1, 0.15) is 6.10 Å². The Kier molecular flexibility index (Phi) is 8.86. The van der Waals surface area contributed by atoms with Crippen molar-refractivity contribution in [2.24, 2.45) is 16.7 Å². The molecule has 0 bridgehead atoms. The van der Waals surface area contributed by atoms with E-state index in [9.17, 15) is 14.7 Å². The standard InChI is InChI=1S/C19H36O4/c1-8-13-19(16(20)21,18(5,6)7)17(22)23-15(9-2)12-10-11-14(3)4/h14-15H,8-13H2,1-7H3,(H,20,21). The van der Waals surface area contributed by atoms with E-state index in [0.29, 0.717) is 18.8 Å². The molecule has 0 aliphatic rings. The SMILES string of the molecule is CCCC(C(=O)O)(C(=O)OC(CC)CCCC(C)C)C(C)(C)C. The second-order valence-corrected chi connectivity index (χ2v) is 7.97. The van der Waals surface area contributed by atoms with Gasteiger partial charge in [0.2, 0.25) is 0 Å². The highest BCUT2D eigenvalue weighted by Gasteiger charge is 2.56. The normalized spacial score (nSPS) is 16.0. The first-order valence-electron chi connectivity index (χ1n) is 8.97. The molecule has 23 heavy (non-hydrogen) atoms. The zero-order valence-electron chi connectivity index (χ0n) is 16.1. The smallest absolute Gasteiger partial charge is 0.324 e. The molecule has 0 aliphatic carbocycles. The molecule has 4 nitrogen and oxygen atoms in total. The maximum absolute atomic E-state index is 12.8. The first-order valence-corrected chi connectivity index (χ1v) is 8.97. The Bertz CT molecular complexity index is 381. The van der Waals surface area contributed by atoms with E-state index in [-0.39, 0.29) is 6.10 Å². The Morgan fingerprint density at radius 1 is 1.09 bits per heavy atom. The lowest BCUT2D eigenvalue weighted by atomic mass is 9.64. The molecule has 1 N–H and O–H groups in total. The molecule has 0 aromatic carbocycles. The summed E-state index contributed by atoms with van der Waals surface area (Å²) in [6.07, 6.45) is 4.33. The predicted octanol–water partition coefficient (Wildman–Crippen LogP) is 5.05. The summed E-state index contributed by atoms with van der Waals surface area (Å²) in [6, 6.07) is 0. The Morgan fingerprint density at radius 2 is 1.65 bits per heavy atom. The van der Waals surface area contributed by atoms with Crippen LogP contribution in [0.25, 0.3) is 0 Å². The molecule has 0 saturated heterocycles. The molecular weight excluding hydrogens is 292 g/mol. The zero-order valence-corrected chi connectivity index (χ0v) is 16.1. The van der Waals surface area contributed by atoms with Crippen LogP contribution in [0, 0.1) is 16.7 Å². The zero-order chi connectivity index (χ0) is 18.3. The summed E-state index contributed by atoms with van der Waals surface area (Å²) in [5.41, 5.74) is -2.17. The maximum atomic E-state index is 12.8. The van der Waals surface area contributed by atoms with Crippen LogP contribution in [0.2, 0.25) is 0 Å². The van der Waals surface area contributed by atoms with Gasteiger partial charge in [-0.05, 0) is 37.0 Å². The number of ether oxygens (including phenoxy) is 1. The number of esters is 1. The Morgan fingerprint density at radius 3 is 2.00 bits per heavy atom. The van der Waals surface area contributed by atoms with Gasteiger partial charge in [0.15, 0.2) is 5.41 Å². The van der Waals surface area contributed by atoms with Crippen molar-refractivity contribution in [2.45, 2.75) is 93.1 Å². The fraction of sp³-hybridized carbons (Fsp3) is 0.895. The van der Waals surface area contributed by atoms with E-state index in [4.69, 9.17) is 4.74 Å². The van der Waals surface area contributed by atoms with Gasteiger partial charge in [-0.2, -0.15) is 0 Å². The predicted molar refractivity (Wildman–Crippen MR) is 93.3 cm³/mol. The Hall–Kier alpha value is -1.06. The molecule has 2 atom stereocenters. The molecule has 0 saturated carbocycles. The van der Waals surface area contributed by atoms with E-state index in [1.807, 2.05) is 13.8 Å². The number of hydrogen-bond acceptors (Lipinski definition) is 3. The lowest BCUT2D eigenvalue weighted by Gasteiger charge is -2.39. The number of carboxylic acid groups (broad SMARTS) is 1. The number of carboxylic acids is 1. The van der Waals surface area contributed by atoms with E-state index in [1.165, 1.54) is 0 Å². The van der Waals surface area contributed by atoms with Crippen LogP contribution in [-0.2, 0) is 14.3 Å². The second-order valence-electron chi connectivity index (χ2n) is 7.97. The summed E-state index contributed by atoms with van der Waals surface area (Å²) in [7, 11) is 0. The minimum atomic E-state index is -1.48. The van der Waals surface area contributed by atoms with Crippen molar-refractivity contribution in [2.75, 3.05) is 0 Å². The molecule has 0 amide bonds. The summed E-state index contributed by atoms with van der Waals surface area (Å²) >= 11 is 0. The third-order valence-electron chi connectivity index (χ3n) is 4.66. The van der Waals surface area contributed by atoms with Gasteiger partial charge in [0, 0.05) is 0 Å². The molecule has 0 spiro atoms. The number of carbonyl (C=O) groups excluding carboxylic acids is 1. The number of aliphatic carboxylic acids is 1. The largest absolute Gasteiger partial charge is 0.480 e. The van der Waals surface area contributed by atoms with E-state index in [0.717, 1.165) is 25.7 Å². The molecule has 0 rings (SSSR count). The van der Waals surface area contributed by atoms with Crippen molar-refractivity contribution in [3.05, 3.63) is 0 Å². The fourth-order valence-corrected chi connectivity index (χ4v) is 3.03. The van der Waals surface area contributed by atoms with Crippen LogP contribution in [0.15, 0.2) is 0 Å². The van der Waals surface area contributed by atoms with Gasteiger partial charge < -0.3 is 9.84 Å². The van der Waals surface area contributed by atoms with Gasteiger partial charge in [-0.1, -0.05) is 61.3 Å². The third kappa shape index (κ3) is 5.82. The molecule has 4 heteroatoms. The number of hydrogen-bond donors (Lipinski definition) is 1. The molecule has 0 aromatic rings. The summed E-state index contributed by atoms with van der Waals surface area (Å²) in [6.45, 7) is 13.6. The lowest BCUT2D eigenvalue weighted by Crippen LogP contribution is -2.51. The molecule has 0 fully saturated rings. The quantitative estimate of drug-likeness (QED) is 0.450. The monoisotopic (exact) mass is 328 g/mol. The van der Waals surface area contributed by atoms with Crippen molar-refractivity contribution in [1.82, 2.24) is 0 Å². The van der Waals surface area contributed by atoms with Gasteiger partial charge in [-0.3, -0.25) is 9.59 Å². The van der Waals surface area contributed by atoms with Crippen LogP contribution in [0.3, 0.4) is 0 Å². The third-order valence-corrected chi connectivity index (χ3v) is 4.66. The molecule has 0 radical (unpaired) electrons. The van der Waals surface area contributed by atoms with Crippen molar-refractivity contribution in [3.8, 4) is 0 Å². The average molecular weight is 328 g/mol. The Balaban J connectivity index is 5.18. The van der Waals surface area contributed by atoms with Crippen LogP contribution >= 0.6 is 0 Å². The number of carbonyl (C=O) groups is 2. The van der Waals surface area contributed by atoms with Gasteiger partial charge in [0.25, 0.3) is 0 Å². The summed E-state index contributed by atoms with van der Waals surface area (Å²) in [4.78, 5) is 24.8. The van der Waals surface area contributed by atoms with Gasteiger partial charge in [-0.25, -0.2) is 0 Å². The molecule has 0 aliphatic heterocycles. The summed E-state index contributed by atoms with van der Waals surface area (Å²) < 4.78 is 5.67. The van der Waals surface area contributed by atoms with E-state index in [2.05, 4.69) is 13.8 Å². The van der Waals surface area contributed by atoms with Crippen LogP contribution in [-0.4, -0.2) is 23.1 Å². The molecule has 0 aromatic heterocycles. The molecule has 136 valence electrons. The first-order chi connectivity index (χ1) is 10.5. The van der Waals surface area contributed by atoms with Crippen molar-refractivity contribution >= 4 is 11.9 Å². The summed E-state index contributed by atoms with van der Waals surface area (Å²) in [5, 5.41) is 9.79. The van der Waals surface area contributed by atoms with E-state index in [1.54, 1.807) is 20.8 Å². The van der Waals surface area contributed by atoms with E-state index >= 15 is 0 Å². The van der Waals surface area contributed by atoms with Gasteiger partial charge in [-0.15, -0.1) is 0 Å². The van der Waals surface area contributed by atoms with Crippen molar-refractivity contribution in [3.63, 3.8) is 0 Å². The fourth-order valence-electron chi connectivity index (χ4n) is 3.03. The van der Waals surface area contributed by atoms with Crippen LogP contribution in [0.5, 0.6) is 0 Å². The van der Waals surface area contributed by atoms with E-state index < -0.39 is 22.8 Å². The summed E-state index contributed by atoms with van der Waals surface area (Å²) in [5.74, 6) is -1.03. The van der Waals surface area contributed by atoms with Crippen molar-refractivity contribution < 1.29 is 19.4 Å². The second kappa shape index (κ2) is 9.29. The van der Waals surface area contributed by atoms with Crippen LogP contribution in [0.4, 0.5) is 0 Å². The lowest BCUT2D eigenvalue weighted by molar-refractivity contribution is -0.183. The topological polar surface area (TPSA) is 63.6 Å². The molecule has 0 heterocycles.